The Bertz CT molecular complexity index is 1510. The minimum atomic E-state index is -0.0449. The first-order chi connectivity index (χ1) is 25.4. The third-order valence-corrected chi connectivity index (χ3v) is 9.60. The molecule has 1 amide bonds. The fourth-order valence-corrected chi connectivity index (χ4v) is 6.92. The fourth-order valence-electron chi connectivity index (χ4n) is 6.92. The SMILES string of the molecule is C/C(=C\c1ccccc1)CNCCCN1CCCC1.COc1cc(C(=O)N(CCCN2CCCC2)C/C(C)=C/c2ccccc2)cc(OC)c1OC. The Kier molecular flexibility index (Phi) is 17.8. The second-order valence-corrected chi connectivity index (χ2v) is 13.9. The van der Waals surface area contributed by atoms with Crippen LogP contribution in [0, 0.1) is 0 Å². The first kappa shape index (κ1) is 40.7. The van der Waals surface area contributed by atoms with Gasteiger partial charge in [-0.05, 0) is 121 Å². The van der Waals surface area contributed by atoms with Crippen molar-refractivity contribution in [1.82, 2.24) is 20.0 Å². The highest BCUT2D eigenvalue weighted by Gasteiger charge is 2.22. The molecular formula is C44H62N4O4. The lowest BCUT2D eigenvalue weighted by Gasteiger charge is -2.25. The van der Waals surface area contributed by atoms with Gasteiger partial charge < -0.3 is 34.2 Å². The summed E-state index contributed by atoms with van der Waals surface area (Å²) in [5.74, 6) is 1.40. The number of hydrogen-bond donors (Lipinski definition) is 1. The van der Waals surface area contributed by atoms with Crippen LogP contribution in [0.25, 0.3) is 12.2 Å². The van der Waals surface area contributed by atoms with Crippen LogP contribution in [0.2, 0.25) is 0 Å². The molecule has 0 atom stereocenters. The summed E-state index contributed by atoms with van der Waals surface area (Å²) in [5.41, 5.74) is 5.47. The average Bonchev–Trinajstić information content (AvgIpc) is 3.90. The second-order valence-electron chi connectivity index (χ2n) is 13.9. The van der Waals surface area contributed by atoms with Gasteiger partial charge in [0.05, 0.1) is 21.3 Å². The molecule has 3 aromatic carbocycles. The molecule has 3 aromatic rings. The Balaban J connectivity index is 0.000000269. The van der Waals surface area contributed by atoms with E-state index in [4.69, 9.17) is 14.2 Å². The topological polar surface area (TPSA) is 66.5 Å². The maximum Gasteiger partial charge on any atom is 0.254 e. The van der Waals surface area contributed by atoms with Crippen LogP contribution in [0.15, 0.2) is 83.9 Å². The van der Waals surface area contributed by atoms with E-state index in [-0.39, 0.29) is 5.91 Å². The van der Waals surface area contributed by atoms with E-state index in [0.29, 0.717) is 35.9 Å². The van der Waals surface area contributed by atoms with Gasteiger partial charge in [-0.1, -0.05) is 84.0 Å². The molecule has 0 aliphatic carbocycles. The number of nitrogens with zero attached hydrogens (tertiary/aromatic N) is 3. The maximum atomic E-state index is 13.6. The van der Waals surface area contributed by atoms with Crippen molar-refractivity contribution >= 4 is 18.1 Å². The number of amides is 1. The second kappa shape index (κ2) is 22.7. The van der Waals surface area contributed by atoms with Crippen LogP contribution in [-0.4, -0.2) is 107 Å². The monoisotopic (exact) mass is 710 g/mol. The molecule has 2 aliphatic heterocycles. The van der Waals surface area contributed by atoms with Gasteiger partial charge in [0.15, 0.2) is 11.5 Å². The minimum absolute atomic E-state index is 0.0449. The fraction of sp³-hybridized carbons (Fsp3) is 0.477. The number of carbonyl (C=O) groups is 1. The smallest absolute Gasteiger partial charge is 0.254 e. The number of likely N-dealkylation sites (tertiary alicyclic amines) is 2. The van der Waals surface area contributed by atoms with Gasteiger partial charge in [0, 0.05) is 25.2 Å². The third-order valence-electron chi connectivity index (χ3n) is 9.60. The summed E-state index contributed by atoms with van der Waals surface area (Å²) >= 11 is 0. The van der Waals surface area contributed by atoms with Crippen molar-refractivity contribution in [2.75, 3.05) is 86.8 Å². The van der Waals surface area contributed by atoms with Crippen LogP contribution >= 0.6 is 0 Å². The summed E-state index contributed by atoms with van der Waals surface area (Å²) in [5, 5.41) is 3.53. The summed E-state index contributed by atoms with van der Waals surface area (Å²) in [6, 6.07) is 24.2. The van der Waals surface area contributed by atoms with Gasteiger partial charge >= 0.3 is 0 Å². The van der Waals surface area contributed by atoms with Gasteiger partial charge in [0.2, 0.25) is 5.75 Å². The lowest BCUT2D eigenvalue weighted by molar-refractivity contribution is 0.0763. The zero-order chi connectivity index (χ0) is 37.0. The third kappa shape index (κ3) is 13.8. The molecule has 2 aliphatic rings. The van der Waals surface area contributed by atoms with E-state index in [1.165, 1.54) is 62.9 Å². The number of benzene rings is 3. The molecule has 5 rings (SSSR count). The molecule has 2 saturated heterocycles. The Hall–Kier alpha value is -4.11. The predicted octanol–water partition coefficient (Wildman–Crippen LogP) is 7.91. The number of carbonyl (C=O) groups excluding carboxylic acids is 1. The van der Waals surface area contributed by atoms with Crippen LogP contribution in [0.4, 0.5) is 0 Å². The van der Waals surface area contributed by atoms with Crippen LogP contribution < -0.4 is 19.5 Å². The lowest BCUT2D eigenvalue weighted by Crippen LogP contribution is -2.35. The maximum absolute atomic E-state index is 13.6. The summed E-state index contributed by atoms with van der Waals surface area (Å²) in [6.07, 6.45) is 11.9. The van der Waals surface area contributed by atoms with E-state index in [0.717, 1.165) is 50.3 Å². The molecule has 0 bridgehead atoms. The summed E-state index contributed by atoms with van der Waals surface area (Å²) in [4.78, 5) is 20.6. The highest BCUT2D eigenvalue weighted by atomic mass is 16.5. The Morgan fingerprint density at radius 1 is 0.712 bits per heavy atom. The van der Waals surface area contributed by atoms with Crippen LogP contribution in [0.3, 0.4) is 0 Å². The van der Waals surface area contributed by atoms with Crippen LogP contribution in [-0.2, 0) is 0 Å². The molecule has 0 radical (unpaired) electrons. The Morgan fingerprint density at radius 3 is 1.71 bits per heavy atom. The quantitative estimate of drug-likeness (QED) is 0.135. The Labute approximate surface area is 313 Å². The van der Waals surface area contributed by atoms with E-state index in [1.54, 1.807) is 33.5 Å². The molecule has 0 unspecified atom stereocenters. The van der Waals surface area contributed by atoms with Crippen molar-refractivity contribution in [3.05, 3.63) is 101 Å². The standard InChI is InChI=1S/C27H36N2O4.C17H26N2/c1-21(17-22-11-6-5-7-12-22)20-29(16-10-15-28-13-8-9-14-28)27(30)23-18-24(31-2)26(33-4)25(19-23)32-3;1-16(14-17-8-3-2-4-9-17)15-18-10-7-13-19-11-5-6-12-19/h5-7,11-12,17-19H,8-10,13-16,20H2,1-4H3;2-4,8-9,14,18H,5-7,10-13,15H2,1H3/b21-17+;16-14+. The molecule has 8 nitrogen and oxygen atoms in total. The minimum Gasteiger partial charge on any atom is -0.493 e. The lowest BCUT2D eigenvalue weighted by atomic mass is 10.1. The average molecular weight is 711 g/mol. The zero-order valence-corrected chi connectivity index (χ0v) is 32.4. The number of nitrogens with one attached hydrogen (secondary N) is 1. The highest BCUT2D eigenvalue weighted by Crippen LogP contribution is 2.38. The van der Waals surface area contributed by atoms with Gasteiger partial charge in [-0.2, -0.15) is 0 Å². The molecule has 2 heterocycles. The first-order valence-electron chi connectivity index (χ1n) is 19.1. The van der Waals surface area contributed by atoms with Crippen molar-refractivity contribution < 1.29 is 19.0 Å². The van der Waals surface area contributed by atoms with Crippen LogP contribution in [0.5, 0.6) is 17.2 Å². The van der Waals surface area contributed by atoms with Crippen molar-refractivity contribution in [1.29, 1.82) is 0 Å². The van der Waals surface area contributed by atoms with Crippen molar-refractivity contribution in [2.24, 2.45) is 0 Å². The molecule has 52 heavy (non-hydrogen) atoms. The van der Waals surface area contributed by atoms with Gasteiger partial charge in [-0.3, -0.25) is 4.79 Å². The molecule has 0 saturated carbocycles. The molecule has 1 N–H and O–H groups in total. The largest absolute Gasteiger partial charge is 0.493 e. The van der Waals surface area contributed by atoms with Crippen molar-refractivity contribution in [2.45, 2.75) is 52.4 Å². The van der Waals surface area contributed by atoms with Gasteiger partial charge in [-0.15, -0.1) is 0 Å². The van der Waals surface area contributed by atoms with Gasteiger partial charge in [0.1, 0.15) is 0 Å². The number of hydrogen-bond acceptors (Lipinski definition) is 7. The molecule has 282 valence electrons. The van der Waals surface area contributed by atoms with E-state index in [1.807, 2.05) is 23.1 Å². The van der Waals surface area contributed by atoms with Gasteiger partial charge in [0.25, 0.3) is 5.91 Å². The van der Waals surface area contributed by atoms with E-state index >= 15 is 0 Å². The van der Waals surface area contributed by atoms with E-state index in [9.17, 15) is 4.79 Å². The molecule has 0 spiro atoms. The molecular weight excluding hydrogens is 649 g/mol. The number of methoxy groups -OCH3 is 3. The summed E-state index contributed by atoms with van der Waals surface area (Å²) in [6.45, 7) is 14.8. The molecule has 2 fully saturated rings. The number of ether oxygens (including phenoxy) is 3. The highest BCUT2D eigenvalue weighted by molar-refractivity contribution is 5.96. The summed E-state index contributed by atoms with van der Waals surface area (Å²) < 4.78 is 16.3. The van der Waals surface area contributed by atoms with E-state index < -0.39 is 0 Å². The normalized spacial score (nSPS) is 15.2. The van der Waals surface area contributed by atoms with E-state index in [2.05, 4.69) is 83.6 Å². The number of rotatable bonds is 18. The zero-order valence-electron chi connectivity index (χ0n) is 32.4. The summed E-state index contributed by atoms with van der Waals surface area (Å²) in [7, 11) is 4.68. The van der Waals surface area contributed by atoms with Crippen molar-refractivity contribution in [3.8, 4) is 17.2 Å². The predicted molar refractivity (Wildman–Crippen MR) is 216 cm³/mol. The molecule has 0 aromatic heterocycles. The van der Waals surface area contributed by atoms with Crippen LogP contribution in [0.1, 0.15) is 73.9 Å². The molecule has 8 heteroatoms. The van der Waals surface area contributed by atoms with Crippen molar-refractivity contribution in [3.63, 3.8) is 0 Å². The van der Waals surface area contributed by atoms with Gasteiger partial charge in [-0.25, -0.2) is 0 Å². The first-order valence-corrected chi connectivity index (χ1v) is 19.1. The Morgan fingerprint density at radius 2 is 1.21 bits per heavy atom.